The van der Waals surface area contributed by atoms with Gasteiger partial charge >= 0.3 is 5.97 Å². The van der Waals surface area contributed by atoms with Crippen molar-refractivity contribution in [2.75, 3.05) is 0 Å². The predicted octanol–water partition coefficient (Wildman–Crippen LogP) is 2.71. The van der Waals surface area contributed by atoms with Gasteiger partial charge in [0.15, 0.2) is 0 Å². The van der Waals surface area contributed by atoms with Gasteiger partial charge in [-0.3, -0.25) is 4.79 Å². The number of esters is 1. The highest BCUT2D eigenvalue weighted by Crippen LogP contribution is 2.52. The number of epoxide rings is 1. The lowest BCUT2D eigenvalue weighted by Gasteiger charge is -2.15. The summed E-state index contributed by atoms with van der Waals surface area (Å²) in [5.74, 6) is 0.203. The fourth-order valence-corrected chi connectivity index (χ4v) is 4.13. The van der Waals surface area contributed by atoms with Crippen LogP contribution < -0.4 is 0 Å². The van der Waals surface area contributed by atoms with Gasteiger partial charge in [-0.1, -0.05) is 42.5 Å². The van der Waals surface area contributed by atoms with E-state index in [0.29, 0.717) is 6.10 Å². The maximum Gasteiger partial charge on any atom is 0.310 e. The molecule has 3 aliphatic rings. The first-order valence-corrected chi connectivity index (χ1v) is 7.63. The second-order valence-corrected chi connectivity index (χ2v) is 6.42. The van der Waals surface area contributed by atoms with E-state index >= 15 is 0 Å². The lowest BCUT2D eigenvalue weighted by atomic mass is 9.86. The van der Waals surface area contributed by atoms with Crippen LogP contribution in [0.3, 0.4) is 0 Å². The molecule has 1 aliphatic carbocycles. The first-order valence-electron chi connectivity index (χ1n) is 7.63. The van der Waals surface area contributed by atoms with Gasteiger partial charge in [-0.2, -0.15) is 0 Å². The van der Waals surface area contributed by atoms with Crippen LogP contribution in [0.5, 0.6) is 0 Å². The minimum atomic E-state index is -0.0351. The van der Waals surface area contributed by atoms with Gasteiger partial charge < -0.3 is 9.47 Å². The van der Waals surface area contributed by atoms with Crippen LogP contribution in [0.1, 0.15) is 12.0 Å². The molecule has 0 amide bonds. The molecule has 2 saturated heterocycles. The van der Waals surface area contributed by atoms with E-state index in [0.717, 1.165) is 12.8 Å². The summed E-state index contributed by atoms with van der Waals surface area (Å²) in [6, 6.07) is 14.8. The third kappa shape index (κ3) is 1.74. The topological polar surface area (TPSA) is 38.8 Å². The highest BCUT2D eigenvalue weighted by atomic mass is 16.6. The van der Waals surface area contributed by atoms with Crippen molar-refractivity contribution in [1.82, 2.24) is 0 Å². The second-order valence-electron chi connectivity index (χ2n) is 6.42. The molecule has 0 bridgehead atoms. The Kier molecular flexibility index (Phi) is 2.28. The van der Waals surface area contributed by atoms with Gasteiger partial charge in [0.2, 0.25) is 0 Å². The number of hydrogen-bond acceptors (Lipinski definition) is 3. The molecule has 5 rings (SSSR count). The molecule has 5 atom stereocenters. The molecular formula is C18H16O3. The lowest BCUT2D eigenvalue weighted by Crippen LogP contribution is -2.24. The summed E-state index contributed by atoms with van der Waals surface area (Å²) in [6.45, 7) is 0. The third-order valence-corrected chi connectivity index (χ3v) is 5.20. The molecule has 1 saturated carbocycles. The van der Waals surface area contributed by atoms with Gasteiger partial charge in [0, 0.05) is 12.3 Å². The molecule has 3 fully saturated rings. The van der Waals surface area contributed by atoms with E-state index in [1.54, 1.807) is 0 Å². The van der Waals surface area contributed by atoms with E-state index in [1.807, 2.05) is 12.1 Å². The molecule has 2 aromatic rings. The summed E-state index contributed by atoms with van der Waals surface area (Å²) in [6.07, 6.45) is 2.39. The van der Waals surface area contributed by atoms with Gasteiger partial charge in [-0.05, 0) is 22.8 Å². The van der Waals surface area contributed by atoms with Crippen molar-refractivity contribution in [3.8, 4) is 0 Å². The Labute approximate surface area is 122 Å². The van der Waals surface area contributed by atoms with E-state index in [1.165, 1.54) is 16.3 Å². The van der Waals surface area contributed by atoms with Crippen LogP contribution in [0.4, 0.5) is 0 Å². The van der Waals surface area contributed by atoms with Crippen molar-refractivity contribution in [2.24, 2.45) is 11.8 Å². The molecule has 106 valence electrons. The van der Waals surface area contributed by atoms with E-state index in [9.17, 15) is 4.79 Å². The quantitative estimate of drug-likeness (QED) is 0.627. The lowest BCUT2D eigenvalue weighted by molar-refractivity contribution is -0.144. The Bertz CT molecular complexity index is 738. The van der Waals surface area contributed by atoms with Gasteiger partial charge in [-0.15, -0.1) is 0 Å². The monoisotopic (exact) mass is 280 g/mol. The van der Waals surface area contributed by atoms with Gasteiger partial charge in [0.05, 0.1) is 18.1 Å². The number of rotatable bonds is 2. The second kappa shape index (κ2) is 4.08. The summed E-state index contributed by atoms with van der Waals surface area (Å²) in [5.41, 5.74) is 1.21. The average Bonchev–Trinajstić information content (AvgIpc) is 3.06. The van der Waals surface area contributed by atoms with Crippen LogP contribution in [-0.4, -0.2) is 24.3 Å². The average molecular weight is 280 g/mol. The smallest absolute Gasteiger partial charge is 0.310 e. The largest absolute Gasteiger partial charge is 0.462 e. The van der Waals surface area contributed by atoms with E-state index < -0.39 is 0 Å². The van der Waals surface area contributed by atoms with E-state index in [-0.39, 0.29) is 30.0 Å². The fourth-order valence-electron chi connectivity index (χ4n) is 4.13. The van der Waals surface area contributed by atoms with Crippen molar-refractivity contribution >= 4 is 16.7 Å². The standard InChI is InChI=1S/C18H16O3/c19-18-13(16-14(21-18)9-15-17(16)20-15)8-10-5-6-11-3-1-2-4-12(11)7-10/h1-7,13-17H,8-9H2. The minimum absolute atomic E-state index is 0.0336. The Morgan fingerprint density at radius 1 is 1.05 bits per heavy atom. The van der Waals surface area contributed by atoms with E-state index in [2.05, 4.69) is 30.3 Å². The molecule has 0 radical (unpaired) electrons. The Morgan fingerprint density at radius 2 is 1.90 bits per heavy atom. The zero-order valence-electron chi connectivity index (χ0n) is 11.6. The van der Waals surface area contributed by atoms with Crippen molar-refractivity contribution < 1.29 is 14.3 Å². The number of carbonyl (C=O) groups excluding carboxylic acids is 1. The molecule has 5 unspecified atom stereocenters. The Hall–Kier alpha value is -1.87. The van der Waals surface area contributed by atoms with Crippen LogP contribution in [0.25, 0.3) is 10.8 Å². The SMILES string of the molecule is O=C1OC2CC3OC3C2C1Cc1ccc2ccccc2c1. The van der Waals surface area contributed by atoms with Crippen LogP contribution in [0.2, 0.25) is 0 Å². The summed E-state index contributed by atoms with van der Waals surface area (Å²) in [7, 11) is 0. The van der Waals surface area contributed by atoms with Crippen molar-refractivity contribution in [1.29, 1.82) is 0 Å². The van der Waals surface area contributed by atoms with Crippen LogP contribution in [-0.2, 0) is 20.7 Å². The Morgan fingerprint density at radius 3 is 2.81 bits per heavy atom. The maximum absolute atomic E-state index is 12.1. The highest BCUT2D eigenvalue weighted by Gasteiger charge is 2.64. The molecule has 2 aliphatic heterocycles. The third-order valence-electron chi connectivity index (χ3n) is 5.20. The number of fused-ring (bicyclic) bond motifs is 4. The normalized spacial score (nSPS) is 36.4. The van der Waals surface area contributed by atoms with Crippen LogP contribution in [0, 0.1) is 11.8 Å². The number of benzene rings is 2. The van der Waals surface area contributed by atoms with Crippen molar-refractivity contribution in [2.45, 2.75) is 31.2 Å². The summed E-state index contributed by atoms with van der Waals surface area (Å²) < 4.78 is 11.2. The number of carbonyl (C=O) groups is 1. The molecule has 0 aromatic heterocycles. The zero-order chi connectivity index (χ0) is 14.0. The molecule has 0 spiro atoms. The first kappa shape index (κ1) is 11.8. The maximum atomic E-state index is 12.1. The highest BCUT2D eigenvalue weighted by molar-refractivity contribution is 5.83. The van der Waals surface area contributed by atoms with Crippen LogP contribution >= 0.6 is 0 Å². The number of ether oxygens (including phenoxy) is 2. The zero-order valence-corrected chi connectivity index (χ0v) is 11.6. The summed E-state index contributed by atoms with van der Waals surface area (Å²) >= 11 is 0. The van der Waals surface area contributed by atoms with Crippen molar-refractivity contribution in [3.63, 3.8) is 0 Å². The van der Waals surface area contributed by atoms with Gasteiger partial charge in [0.25, 0.3) is 0 Å². The van der Waals surface area contributed by atoms with Gasteiger partial charge in [0.1, 0.15) is 6.10 Å². The molecular weight excluding hydrogens is 264 g/mol. The molecule has 2 aromatic carbocycles. The predicted molar refractivity (Wildman–Crippen MR) is 77.8 cm³/mol. The Balaban J connectivity index is 1.46. The summed E-state index contributed by atoms with van der Waals surface area (Å²) in [5, 5.41) is 2.46. The first-order chi connectivity index (χ1) is 10.3. The molecule has 21 heavy (non-hydrogen) atoms. The van der Waals surface area contributed by atoms with Crippen LogP contribution in [0.15, 0.2) is 42.5 Å². The molecule has 3 heteroatoms. The van der Waals surface area contributed by atoms with E-state index in [4.69, 9.17) is 9.47 Å². The molecule has 3 nitrogen and oxygen atoms in total. The fraction of sp³-hybridized carbons (Fsp3) is 0.389. The molecule has 0 N–H and O–H groups in total. The number of hydrogen-bond donors (Lipinski definition) is 0. The van der Waals surface area contributed by atoms with Crippen molar-refractivity contribution in [3.05, 3.63) is 48.0 Å². The molecule has 2 heterocycles. The minimum Gasteiger partial charge on any atom is -0.462 e. The summed E-state index contributed by atoms with van der Waals surface area (Å²) in [4.78, 5) is 12.1. The van der Waals surface area contributed by atoms with Gasteiger partial charge in [-0.25, -0.2) is 0 Å².